The molecule has 21 heavy (non-hydrogen) atoms. The first-order valence-electron chi connectivity index (χ1n) is 7.10. The van der Waals surface area contributed by atoms with Gasteiger partial charge < -0.3 is 9.73 Å². The molecule has 3 nitrogen and oxygen atoms in total. The molecule has 1 unspecified atom stereocenters. The Morgan fingerprint density at radius 2 is 1.81 bits per heavy atom. The summed E-state index contributed by atoms with van der Waals surface area (Å²) in [7, 11) is 0. The van der Waals surface area contributed by atoms with Crippen molar-refractivity contribution >= 4 is 5.69 Å². The van der Waals surface area contributed by atoms with Gasteiger partial charge >= 0.3 is 0 Å². The van der Waals surface area contributed by atoms with Crippen LogP contribution in [-0.2, 0) is 0 Å². The zero-order valence-corrected chi connectivity index (χ0v) is 12.0. The minimum atomic E-state index is 0.472. The van der Waals surface area contributed by atoms with Crippen LogP contribution in [0.1, 0.15) is 18.4 Å². The van der Waals surface area contributed by atoms with Crippen molar-refractivity contribution in [1.29, 1.82) is 0 Å². The number of rotatable bonds is 5. The number of benzene rings is 2. The first-order valence-corrected chi connectivity index (χ1v) is 7.10. The molecule has 1 heterocycles. The predicted molar refractivity (Wildman–Crippen MR) is 85.3 cm³/mol. The lowest BCUT2D eigenvalue weighted by molar-refractivity contribution is 0.572. The Morgan fingerprint density at radius 1 is 1.05 bits per heavy atom. The van der Waals surface area contributed by atoms with E-state index in [2.05, 4.69) is 53.6 Å². The number of oxazole rings is 1. The molecule has 106 valence electrons. The summed E-state index contributed by atoms with van der Waals surface area (Å²) in [6, 6.07) is 18.7. The van der Waals surface area contributed by atoms with Gasteiger partial charge in [-0.25, -0.2) is 4.98 Å². The van der Waals surface area contributed by atoms with Crippen molar-refractivity contribution in [1.82, 2.24) is 4.98 Å². The molecule has 0 aliphatic rings. The van der Waals surface area contributed by atoms with E-state index >= 15 is 0 Å². The van der Waals surface area contributed by atoms with Crippen molar-refractivity contribution < 1.29 is 4.42 Å². The van der Waals surface area contributed by atoms with Crippen molar-refractivity contribution in [2.24, 2.45) is 0 Å². The molecule has 0 amide bonds. The maximum absolute atomic E-state index is 5.28. The SMILES string of the molecule is CC(CNc1ccc(-c2cnco2)cc1)c1ccccc1. The van der Waals surface area contributed by atoms with Crippen LogP contribution in [0.15, 0.2) is 71.6 Å². The number of nitrogens with zero attached hydrogens (tertiary/aromatic N) is 1. The molecule has 2 aromatic carbocycles. The summed E-state index contributed by atoms with van der Waals surface area (Å²) >= 11 is 0. The minimum Gasteiger partial charge on any atom is -0.444 e. The topological polar surface area (TPSA) is 38.1 Å². The predicted octanol–water partition coefficient (Wildman–Crippen LogP) is 4.56. The lowest BCUT2D eigenvalue weighted by atomic mass is 10.0. The number of nitrogens with one attached hydrogen (secondary N) is 1. The molecule has 3 rings (SSSR count). The number of hydrogen-bond acceptors (Lipinski definition) is 3. The van der Waals surface area contributed by atoms with Crippen LogP contribution in [0.25, 0.3) is 11.3 Å². The summed E-state index contributed by atoms with van der Waals surface area (Å²) in [6.07, 6.45) is 3.17. The highest BCUT2D eigenvalue weighted by atomic mass is 16.3. The fourth-order valence-electron chi connectivity index (χ4n) is 2.28. The van der Waals surface area contributed by atoms with Gasteiger partial charge in [-0.1, -0.05) is 37.3 Å². The van der Waals surface area contributed by atoms with E-state index in [1.807, 2.05) is 18.2 Å². The molecule has 1 N–H and O–H groups in total. The molecule has 0 aliphatic heterocycles. The maximum atomic E-state index is 5.28. The Bertz CT molecular complexity index is 660. The molecule has 0 spiro atoms. The van der Waals surface area contributed by atoms with Crippen LogP contribution < -0.4 is 5.32 Å². The Hall–Kier alpha value is -2.55. The lowest BCUT2D eigenvalue weighted by Gasteiger charge is -2.14. The van der Waals surface area contributed by atoms with Gasteiger partial charge in [0.15, 0.2) is 12.2 Å². The van der Waals surface area contributed by atoms with Crippen molar-refractivity contribution in [3.8, 4) is 11.3 Å². The third-order valence-electron chi connectivity index (χ3n) is 3.58. The summed E-state index contributed by atoms with van der Waals surface area (Å²) < 4.78 is 5.28. The molecule has 0 aliphatic carbocycles. The molecule has 0 saturated carbocycles. The molecule has 1 aromatic heterocycles. The number of hydrogen-bond donors (Lipinski definition) is 1. The minimum absolute atomic E-state index is 0.472. The molecule has 1 atom stereocenters. The molecule has 0 saturated heterocycles. The van der Waals surface area contributed by atoms with Crippen molar-refractivity contribution in [2.45, 2.75) is 12.8 Å². The quantitative estimate of drug-likeness (QED) is 0.743. The van der Waals surface area contributed by atoms with Gasteiger partial charge in [-0.05, 0) is 35.7 Å². The summed E-state index contributed by atoms with van der Waals surface area (Å²) in [5.74, 6) is 1.26. The van der Waals surface area contributed by atoms with Crippen LogP contribution in [0.2, 0.25) is 0 Å². The standard InChI is InChI=1S/C18H18N2O/c1-14(15-5-3-2-4-6-15)11-20-17-9-7-16(8-10-17)18-12-19-13-21-18/h2-10,12-14,20H,11H2,1H3. The van der Waals surface area contributed by atoms with E-state index in [-0.39, 0.29) is 0 Å². The van der Waals surface area contributed by atoms with Crippen LogP contribution in [-0.4, -0.2) is 11.5 Å². The largest absolute Gasteiger partial charge is 0.444 e. The van der Waals surface area contributed by atoms with E-state index in [1.165, 1.54) is 12.0 Å². The first-order chi connectivity index (χ1) is 10.3. The second-order valence-corrected chi connectivity index (χ2v) is 5.14. The van der Waals surface area contributed by atoms with Crippen molar-refractivity contribution in [2.75, 3.05) is 11.9 Å². The lowest BCUT2D eigenvalue weighted by Crippen LogP contribution is -2.09. The van der Waals surface area contributed by atoms with Gasteiger partial charge in [-0.15, -0.1) is 0 Å². The van der Waals surface area contributed by atoms with Gasteiger partial charge in [0.25, 0.3) is 0 Å². The number of aromatic nitrogens is 1. The van der Waals surface area contributed by atoms with Gasteiger partial charge in [0, 0.05) is 17.8 Å². The second kappa shape index (κ2) is 6.27. The van der Waals surface area contributed by atoms with Crippen LogP contribution >= 0.6 is 0 Å². The Labute approximate surface area is 124 Å². The van der Waals surface area contributed by atoms with E-state index in [4.69, 9.17) is 4.42 Å². The highest BCUT2D eigenvalue weighted by molar-refractivity contribution is 5.60. The van der Waals surface area contributed by atoms with Crippen LogP contribution in [0, 0.1) is 0 Å². The van der Waals surface area contributed by atoms with Crippen LogP contribution in [0.5, 0.6) is 0 Å². The number of anilines is 1. The Kier molecular flexibility index (Phi) is 4.01. The molecule has 0 radical (unpaired) electrons. The van der Waals surface area contributed by atoms with Crippen molar-refractivity contribution in [3.05, 3.63) is 72.8 Å². The zero-order valence-electron chi connectivity index (χ0n) is 12.0. The van der Waals surface area contributed by atoms with E-state index in [0.29, 0.717) is 5.92 Å². The zero-order chi connectivity index (χ0) is 14.5. The van der Waals surface area contributed by atoms with E-state index in [9.17, 15) is 0 Å². The summed E-state index contributed by atoms with van der Waals surface area (Å²) in [5, 5.41) is 3.47. The second-order valence-electron chi connectivity index (χ2n) is 5.14. The van der Waals surface area contributed by atoms with Gasteiger partial charge in [-0.3, -0.25) is 0 Å². The van der Waals surface area contributed by atoms with E-state index in [0.717, 1.165) is 23.6 Å². The molecule has 0 fully saturated rings. The van der Waals surface area contributed by atoms with Gasteiger partial charge in [0.2, 0.25) is 0 Å². The molecular formula is C18H18N2O. The summed E-state index contributed by atoms with van der Waals surface area (Å²) in [5.41, 5.74) is 3.50. The van der Waals surface area contributed by atoms with Crippen LogP contribution in [0.4, 0.5) is 5.69 Å². The average Bonchev–Trinajstić information content (AvgIpc) is 3.08. The van der Waals surface area contributed by atoms with Gasteiger partial charge in [0.05, 0.1) is 6.20 Å². The van der Waals surface area contributed by atoms with Gasteiger partial charge in [0.1, 0.15) is 0 Å². The third kappa shape index (κ3) is 3.31. The fraction of sp³-hybridized carbons (Fsp3) is 0.167. The first kappa shape index (κ1) is 13.4. The molecule has 3 heteroatoms. The Balaban J connectivity index is 1.61. The molecule has 0 bridgehead atoms. The highest BCUT2D eigenvalue weighted by Gasteiger charge is 2.05. The monoisotopic (exact) mass is 278 g/mol. The highest BCUT2D eigenvalue weighted by Crippen LogP contribution is 2.21. The smallest absolute Gasteiger partial charge is 0.181 e. The maximum Gasteiger partial charge on any atom is 0.181 e. The average molecular weight is 278 g/mol. The summed E-state index contributed by atoms with van der Waals surface area (Å²) in [6.45, 7) is 3.14. The van der Waals surface area contributed by atoms with Crippen molar-refractivity contribution in [3.63, 3.8) is 0 Å². The van der Waals surface area contributed by atoms with Crippen LogP contribution in [0.3, 0.4) is 0 Å². The van der Waals surface area contributed by atoms with E-state index < -0.39 is 0 Å². The fourth-order valence-corrected chi connectivity index (χ4v) is 2.28. The molecular weight excluding hydrogens is 260 g/mol. The van der Waals surface area contributed by atoms with E-state index in [1.54, 1.807) is 6.20 Å². The summed E-state index contributed by atoms with van der Waals surface area (Å²) in [4.78, 5) is 3.93. The van der Waals surface area contributed by atoms with Gasteiger partial charge in [-0.2, -0.15) is 0 Å². The third-order valence-corrected chi connectivity index (χ3v) is 3.58. The molecule has 3 aromatic rings. The normalized spacial score (nSPS) is 12.0. The Morgan fingerprint density at radius 3 is 2.48 bits per heavy atom.